The van der Waals surface area contributed by atoms with E-state index < -0.39 is 0 Å². The third kappa shape index (κ3) is 3.56. The monoisotopic (exact) mass is 247 g/mol. The van der Waals surface area contributed by atoms with E-state index in [0.717, 1.165) is 31.5 Å². The SMILES string of the molecule is CCCCN1CCC(C(O)c2ccccc2)CC1. The van der Waals surface area contributed by atoms with Crippen LogP contribution in [0.5, 0.6) is 0 Å². The van der Waals surface area contributed by atoms with E-state index in [1.54, 1.807) is 0 Å². The topological polar surface area (TPSA) is 23.5 Å². The Labute approximate surface area is 111 Å². The molecule has 1 aliphatic rings. The highest BCUT2D eigenvalue weighted by Crippen LogP contribution is 2.30. The summed E-state index contributed by atoms with van der Waals surface area (Å²) < 4.78 is 0. The van der Waals surface area contributed by atoms with E-state index in [2.05, 4.69) is 11.8 Å². The van der Waals surface area contributed by atoms with Crippen LogP contribution in [0, 0.1) is 5.92 Å². The molecule has 1 saturated heterocycles. The molecular formula is C16H25NO. The van der Waals surface area contributed by atoms with Gasteiger partial charge in [-0.1, -0.05) is 43.7 Å². The molecule has 2 heteroatoms. The molecule has 1 aromatic carbocycles. The smallest absolute Gasteiger partial charge is 0.0819 e. The molecule has 100 valence electrons. The number of unbranched alkanes of at least 4 members (excludes halogenated alkanes) is 1. The number of piperidine rings is 1. The second-order valence-electron chi connectivity index (χ2n) is 5.39. The van der Waals surface area contributed by atoms with Crippen LogP contribution in [0.2, 0.25) is 0 Å². The summed E-state index contributed by atoms with van der Waals surface area (Å²) in [7, 11) is 0. The van der Waals surface area contributed by atoms with Gasteiger partial charge in [-0.05, 0) is 50.4 Å². The second-order valence-corrected chi connectivity index (χ2v) is 5.39. The van der Waals surface area contributed by atoms with Gasteiger partial charge in [0, 0.05) is 0 Å². The summed E-state index contributed by atoms with van der Waals surface area (Å²) in [6.07, 6.45) is 4.54. The zero-order valence-electron chi connectivity index (χ0n) is 11.4. The minimum atomic E-state index is -0.278. The van der Waals surface area contributed by atoms with Crippen molar-refractivity contribution in [2.75, 3.05) is 19.6 Å². The summed E-state index contributed by atoms with van der Waals surface area (Å²) in [6.45, 7) is 5.76. The molecule has 1 heterocycles. The normalized spacial score (nSPS) is 19.9. The molecule has 1 N–H and O–H groups in total. The molecule has 1 aromatic rings. The number of benzene rings is 1. The average molecular weight is 247 g/mol. The van der Waals surface area contributed by atoms with E-state index in [-0.39, 0.29) is 6.10 Å². The highest BCUT2D eigenvalue weighted by atomic mass is 16.3. The van der Waals surface area contributed by atoms with E-state index in [1.807, 2.05) is 30.3 Å². The maximum atomic E-state index is 10.4. The summed E-state index contributed by atoms with van der Waals surface area (Å²) in [6, 6.07) is 10.1. The summed E-state index contributed by atoms with van der Waals surface area (Å²) in [4.78, 5) is 2.54. The van der Waals surface area contributed by atoms with Crippen molar-refractivity contribution >= 4 is 0 Å². The van der Waals surface area contributed by atoms with Gasteiger partial charge in [0.25, 0.3) is 0 Å². The van der Waals surface area contributed by atoms with E-state index >= 15 is 0 Å². The molecule has 0 spiro atoms. The number of likely N-dealkylation sites (tertiary alicyclic amines) is 1. The van der Waals surface area contributed by atoms with Crippen LogP contribution < -0.4 is 0 Å². The Kier molecular flexibility index (Phi) is 5.21. The van der Waals surface area contributed by atoms with E-state index in [1.165, 1.54) is 19.4 Å². The fourth-order valence-electron chi connectivity index (χ4n) is 2.80. The Hall–Kier alpha value is -0.860. The molecular weight excluding hydrogens is 222 g/mol. The molecule has 0 amide bonds. The Balaban J connectivity index is 1.82. The van der Waals surface area contributed by atoms with Gasteiger partial charge in [-0.15, -0.1) is 0 Å². The molecule has 1 unspecified atom stereocenters. The van der Waals surface area contributed by atoms with Crippen LogP contribution in [0.15, 0.2) is 30.3 Å². The second kappa shape index (κ2) is 6.91. The Morgan fingerprint density at radius 1 is 1.22 bits per heavy atom. The lowest BCUT2D eigenvalue weighted by Crippen LogP contribution is -2.36. The average Bonchev–Trinajstić information content (AvgIpc) is 2.46. The van der Waals surface area contributed by atoms with Gasteiger partial charge in [0.2, 0.25) is 0 Å². The van der Waals surface area contributed by atoms with Crippen molar-refractivity contribution in [1.29, 1.82) is 0 Å². The van der Waals surface area contributed by atoms with Crippen molar-refractivity contribution in [2.45, 2.75) is 38.7 Å². The predicted molar refractivity (Wildman–Crippen MR) is 75.5 cm³/mol. The summed E-state index contributed by atoms with van der Waals surface area (Å²) >= 11 is 0. The van der Waals surface area contributed by atoms with Crippen LogP contribution in [0.4, 0.5) is 0 Å². The van der Waals surface area contributed by atoms with Gasteiger partial charge in [0.05, 0.1) is 6.10 Å². The first-order chi connectivity index (χ1) is 8.81. The molecule has 0 aliphatic carbocycles. The number of hydrogen-bond donors (Lipinski definition) is 1. The number of aliphatic hydroxyl groups excluding tert-OH is 1. The third-order valence-corrected chi connectivity index (χ3v) is 4.05. The van der Waals surface area contributed by atoms with Gasteiger partial charge in [-0.3, -0.25) is 0 Å². The highest BCUT2D eigenvalue weighted by molar-refractivity contribution is 5.18. The standard InChI is InChI=1S/C16H25NO/c1-2-3-11-17-12-9-15(10-13-17)16(18)14-7-5-4-6-8-14/h4-8,15-16,18H,2-3,9-13H2,1H3. The first-order valence-corrected chi connectivity index (χ1v) is 7.26. The Morgan fingerprint density at radius 3 is 2.50 bits per heavy atom. The van der Waals surface area contributed by atoms with Crippen LogP contribution in [0.3, 0.4) is 0 Å². The van der Waals surface area contributed by atoms with E-state index in [9.17, 15) is 5.11 Å². The van der Waals surface area contributed by atoms with Gasteiger partial charge >= 0.3 is 0 Å². The maximum Gasteiger partial charge on any atom is 0.0819 e. The van der Waals surface area contributed by atoms with Crippen molar-refractivity contribution in [2.24, 2.45) is 5.92 Å². The van der Waals surface area contributed by atoms with Gasteiger partial charge in [-0.2, -0.15) is 0 Å². The van der Waals surface area contributed by atoms with Crippen LogP contribution in [0.25, 0.3) is 0 Å². The maximum absolute atomic E-state index is 10.4. The summed E-state index contributed by atoms with van der Waals surface area (Å²) in [5.41, 5.74) is 1.07. The minimum Gasteiger partial charge on any atom is -0.388 e. The van der Waals surface area contributed by atoms with Gasteiger partial charge in [-0.25, -0.2) is 0 Å². The van der Waals surface area contributed by atoms with Crippen LogP contribution >= 0.6 is 0 Å². The zero-order valence-corrected chi connectivity index (χ0v) is 11.4. The van der Waals surface area contributed by atoms with Gasteiger partial charge in [0.1, 0.15) is 0 Å². The van der Waals surface area contributed by atoms with Gasteiger partial charge < -0.3 is 10.0 Å². The number of nitrogens with zero attached hydrogens (tertiary/aromatic N) is 1. The van der Waals surface area contributed by atoms with Crippen LogP contribution in [-0.2, 0) is 0 Å². The fraction of sp³-hybridized carbons (Fsp3) is 0.625. The molecule has 2 nitrogen and oxygen atoms in total. The Morgan fingerprint density at radius 2 is 1.89 bits per heavy atom. The van der Waals surface area contributed by atoms with Crippen molar-refractivity contribution in [3.8, 4) is 0 Å². The zero-order chi connectivity index (χ0) is 12.8. The quantitative estimate of drug-likeness (QED) is 0.863. The lowest BCUT2D eigenvalue weighted by atomic mass is 9.87. The number of hydrogen-bond acceptors (Lipinski definition) is 2. The van der Waals surface area contributed by atoms with Crippen molar-refractivity contribution in [1.82, 2.24) is 4.90 Å². The first-order valence-electron chi connectivity index (χ1n) is 7.26. The molecule has 0 saturated carbocycles. The number of rotatable bonds is 5. The van der Waals surface area contributed by atoms with E-state index in [4.69, 9.17) is 0 Å². The van der Waals surface area contributed by atoms with Crippen molar-refractivity contribution < 1.29 is 5.11 Å². The predicted octanol–water partition coefficient (Wildman–Crippen LogP) is 3.23. The third-order valence-electron chi connectivity index (χ3n) is 4.05. The lowest BCUT2D eigenvalue weighted by molar-refractivity contribution is 0.0585. The molecule has 0 bridgehead atoms. The molecule has 18 heavy (non-hydrogen) atoms. The fourth-order valence-corrected chi connectivity index (χ4v) is 2.80. The molecule has 1 atom stereocenters. The summed E-state index contributed by atoms with van der Waals surface area (Å²) in [5, 5.41) is 10.4. The molecule has 1 aliphatic heterocycles. The van der Waals surface area contributed by atoms with E-state index in [0.29, 0.717) is 5.92 Å². The van der Waals surface area contributed by atoms with Crippen molar-refractivity contribution in [3.05, 3.63) is 35.9 Å². The lowest BCUT2D eigenvalue weighted by Gasteiger charge is -2.34. The summed E-state index contributed by atoms with van der Waals surface area (Å²) in [5.74, 6) is 0.435. The van der Waals surface area contributed by atoms with Crippen molar-refractivity contribution in [3.63, 3.8) is 0 Å². The molecule has 0 aromatic heterocycles. The molecule has 2 rings (SSSR count). The number of aliphatic hydroxyl groups is 1. The molecule has 1 fully saturated rings. The Bertz CT molecular complexity index is 330. The largest absolute Gasteiger partial charge is 0.388 e. The van der Waals surface area contributed by atoms with Crippen LogP contribution in [0.1, 0.15) is 44.3 Å². The molecule has 0 radical (unpaired) electrons. The van der Waals surface area contributed by atoms with Crippen LogP contribution in [-0.4, -0.2) is 29.6 Å². The minimum absolute atomic E-state index is 0.278. The first kappa shape index (κ1) is 13.6. The van der Waals surface area contributed by atoms with Gasteiger partial charge in [0.15, 0.2) is 0 Å². The highest BCUT2D eigenvalue weighted by Gasteiger charge is 2.25.